The molecule has 5 aromatic carbocycles. The predicted octanol–water partition coefficient (Wildman–Crippen LogP) is 8.71. The second-order valence-electron chi connectivity index (χ2n) is 9.48. The number of rotatable bonds is 2. The molecule has 2 heteroatoms. The molecule has 0 fully saturated rings. The van der Waals surface area contributed by atoms with Crippen LogP contribution in [0.5, 0.6) is 0 Å². The molecule has 1 aromatic heterocycles. The van der Waals surface area contributed by atoms with Gasteiger partial charge in [0.2, 0.25) is 0 Å². The van der Waals surface area contributed by atoms with Crippen LogP contribution in [0.25, 0.3) is 49.4 Å². The minimum Gasteiger partial charge on any atom is -0.309 e. The van der Waals surface area contributed by atoms with Crippen LogP contribution in [0, 0.1) is 39.0 Å². The molecule has 0 bridgehead atoms. The van der Waals surface area contributed by atoms with Crippen molar-refractivity contribution in [2.75, 3.05) is 0 Å². The van der Waals surface area contributed by atoms with Gasteiger partial charge < -0.3 is 4.57 Å². The Hall–Kier alpha value is -4.35. The average molecular weight is 451 g/mol. The fraction of sp³-hybridized carbons (Fsp3) is 0.121. The number of nitriles is 1. The predicted molar refractivity (Wildman–Crippen MR) is 147 cm³/mol. The molecule has 2 nitrogen and oxygen atoms in total. The van der Waals surface area contributed by atoms with Crippen molar-refractivity contribution in [3.05, 3.63) is 113 Å². The first-order chi connectivity index (χ1) is 17.0. The molecular formula is C33H26N2. The van der Waals surface area contributed by atoms with Crippen molar-refractivity contribution in [2.45, 2.75) is 27.7 Å². The lowest BCUT2D eigenvalue weighted by Crippen LogP contribution is -2.00. The average Bonchev–Trinajstić information content (AvgIpc) is 3.22. The molecule has 168 valence electrons. The highest BCUT2D eigenvalue weighted by Crippen LogP contribution is 2.37. The zero-order valence-electron chi connectivity index (χ0n) is 20.5. The van der Waals surface area contributed by atoms with Crippen molar-refractivity contribution >= 4 is 32.6 Å². The van der Waals surface area contributed by atoms with Gasteiger partial charge in [0.1, 0.15) is 0 Å². The smallest absolute Gasteiger partial charge is 0.0997 e. The van der Waals surface area contributed by atoms with Gasteiger partial charge in [-0.1, -0.05) is 54.6 Å². The summed E-state index contributed by atoms with van der Waals surface area (Å²) in [5.41, 5.74) is 11.4. The van der Waals surface area contributed by atoms with Crippen LogP contribution in [0.4, 0.5) is 0 Å². The first-order valence-corrected chi connectivity index (χ1v) is 12.0. The molecule has 1 heterocycles. The van der Waals surface area contributed by atoms with Crippen LogP contribution in [-0.4, -0.2) is 4.57 Å². The van der Waals surface area contributed by atoms with Gasteiger partial charge in [-0.25, -0.2) is 0 Å². The molecule has 6 rings (SSSR count). The largest absolute Gasteiger partial charge is 0.309 e. The Morgan fingerprint density at radius 3 is 1.74 bits per heavy atom. The standard InChI is InChI=1S/C33H26N2/c1-20-22(3)33(23(4)21(2)30(20)19-34)26-14-13-25-18-27(16-15-24(25)17-26)35-31-11-7-5-9-28(31)29-10-6-8-12-32(29)35/h5-18H,1-4H3. The monoisotopic (exact) mass is 450 g/mol. The van der Waals surface area contributed by atoms with Gasteiger partial charge in [-0.05, 0) is 102 Å². The van der Waals surface area contributed by atoms with Crippen LogP contribution < -0.4 is 0 Å². The summed E-state index contributed by atoms with van der Waals surface area (Å²) in [6.07, 6.45) is 0. The Balaban J connectivity index is 1.54. The van der Waals surface area contributed by atoms with Crippen LogP contribution in [0.2, 0.25) is 0 Å². The molecule has 0 N–H and O–H groups in total. The van der Waals surface area contributed by atoms with Crippen LogP contribution in [-0.2, 0) is 0 Å². The number of fused-ring (bicyclic) bond motifs is 4. The van der Waals surface area contributed by atoms with E-state index in [1.54, 1.807) is 0 Å². The number of hydrogen-bond donors (Lipinski definition) is 0. The maximum absolute atomic E-state index is 9.64. The Morgan fingerprint density at radius 1 is 0.600 bits per heavy atom. The van der Waals surface area contributed by atoms with E-state index in [2.05, 4.69) is 123 Å². The third-order valence-electron chi connectivity index (χ3n) is 7.69. The molecule has 6 aromatic rings. The quantitative estimate of drug-likeness (QED) is 0.259. The van der Waals surface area contributed by atoms with E-state index >= 15 is 0 Å². The van der Waals surface area contributed by atoms with Gasteiger partial charge in [0.15, 0.2) is 0 Å². The number of nitrogens with zero attached hydrogens (tertiary/aromatic N) is 2. The Bertz CT molecular complexity index is 1760. The van der Waals surface area contributed by atoms with E-state index in [1.807, 2.05) is 0 Å². The summed E-state index contributed by atoms with van der Waals surface area (Å²) in [5, 5.41) is 14.6. The van der Waals surface area contributed by atoms with Crippen LogP contribution in [0.1, 0.15) is 27.8 Å². The molecule has 35 heavy (non-hydrogen) atoms. The summed E-state index contributed by atoms with van der Waals surface area (Å²) in [5.74, 6) is 0. The van der Waals surface area contributed by atoms with Crippen LogP contribution in [0.15, 0.2) is 84.9 Å². The van der Waals surface area contributed by atoms with Crippen LogP contribution in [0.3, 0.4) is 0 Å². The van der Waals surface area contributed by atoms with E-state index in [1.165, 1.54) is 60.5 Å². The third-order valence-corrected chi connectivity index (χ3v) is 7.69. The lowest BCUT2D eigenvalue weighted by Gasteiger charge is -2.18. The minimum atomic E-state index is 0.806. The molecule has 0 aliphatic heterocycles. The van der Waals surface area contributed by atoms with Gasteiger partial charge in [0, 0.05) is 16.5 Å². The SMILES string of the molecule is Cc1c(C)c(-c2ccc3cc(-n4c5ccccc5c5ccccc54)ccc3c2)c(C)c(C)c1C#N. The van der Waals surface area contributed by atoms with Crippen molar-refractivity contribution < 1.29 is 0 Å². The van der Waals surface area contributed by atoms with Crippen molar-refractivity contribution in [3.8, 4) is 22.9 Å². The lowest BCUT2D eigenvalue weighted by molar-refractivity contribution is 1.19. The van der Waals surface area contributed by atoms with E-state index in [9.17, 15) is 5.26 Å². The van der Waals surface area contributed by atoms with Gasteiger partial charge in [0.25, 0.3) is 0 Å². The summed E-state index contributed by atoms with van der Waals surface area (Å²) < 4.78 is 2.36. The van der Waals surface area contributed by atoms with Gasteiger partial charge in [-0.3, -0.25) is 0 Å². The van der Waals surface area contributed by atoms with Gasteiger partial charge in [0.05, 0.1) is 22.7 Å². The van der Waals surface area contributed by atoms with E-state index in [4.69, 9.17) is 0 Å². The van der Waals surface area contributed by atoms with Crippen molar-refractivity contribution in [1.29, 1.82) is 5.26 Å². The van der Waals surface area contributed by atoms with Crippen molar-refractivity contribution in [3.63, 3.8) is 0 Å². The molecule has 0 spiro atoms. The third kappa shape index (κ3) is 3.09. The lowest BCUT2D eigenvalue weighted by atomic mass is 9.85. The highest BCUT2D eigenvalue weighted by atomic mass is 15.0. The molecule has 0 atom stereocenters. The fourth-order valence-corrected chi connectivity index (χ4v) is 5.64. The fourth-order valence-electron chi connectivity index (χ4n) is 5.64. The maximum Gasteiger partial charge on any atom is 0.0997 e. The number of aromatic nitrogens is 1. The van der Waals surface area contributed by atoms with Crippen molar-refractivity contribution in [1.82, 2.24) is 4.57 Å². The summed E-state index contributed by atoms with van der Waals surface area (Å²) in [6, 6.07) is 33.1. The Kier molecular flexibility index (Phi) is 4.76. The van der Waals surface area contributed by atoms with Gasteiger partial charge in [-0.2, -0.15) is 5.26 Å². The Labute approximate surface area is 205 Å². The van der Waals surface area contributed by atoms with Crippen molar-refractivity contribution in [2.24, 2.45) is 0 Å². The second kappa shape index (κ2) is 7.86. The zero-order chi connectivity index (χ0) is 24.3. The van der Waals surface area contributed by atoms with E-state index in [-0.39, 0.29) is 0 Å². The molecule has 0 saturated carbocycles. The second-order valence-corrected chi connectivity index (χ2v) is 9.48. The molecular weight excluding hydrogens is 424 g/mol. The number of hydrogen-bond acceptors (Lipinski definition) is 1. The molecule has 0 aliphatic carbocycles. The number of para-hydroxylation sites is 2. The molecule has 0 amide bonds. The summed E-state index contributed by atoms with van der Waals surface area (Å²) in [4.78, 5) is 0. The summed E-state index contributed by atoms with van der Waals surface area (Å²) in [7, 11) is 0. The first kappa shape index (κ1) is 21.2. The van der Waals surface area contributed by atoms with Gasteiger partial charge >= 0.3 is 0 Å². The Morgan fingerprint density at radius 2 is 1.14 bits per heavy atom. The highest BCUT2D eigenvalue weighted by molar-refractivity contribution is 6.09. The summed E-state index contributed by atoms with van der Waals surface area (Å²) >= 11 is 0. The zero-order valence-corrected chi connectivity index (χ0v) is 20.5. The first-order valence-electron chi connectivity index (χ1n) is 12.0. The van der Waals surface area contributed by atoms with Crippen LogP contribution >= 0.6 is 0 Å². The molecule has 0 saturated heterocycles. The highest BCUT2D eigenvalue weighted by Gasteiger charge is 2.17. The minimum absolute atomic E-state index is 0.806. The summed E-state index contributed by atoms with van der Waals surface area (Å²) in [6.45, 7) is 8.38. The molecule has 0 radical (unpaired) electrons. The topological polar surface area (TPSA) is 28.7 Å². The number of benzene rings is 5. The van der Waals surface area contributed by atoms with E-state index in [0.717, 1.165) is 16.7 Å². The normalized spacial score (nSPS) is 11.4. The van der Waals surface area contributed by atoms with E-state index in [0.29, 0.717) is 0 Å². The van der Waals surface area contributed by atoms with Gasteiger partial charge in [-0.15, -0.1) is 0 Å². The van der Waals surface area contributed by atoms with E-state index < -0.39 is 0 Å². The maximum atomic E-state index is 9.64. The molecule has 0 aliphatic rings. The molecule has 0 unspecified atom stereocenters.